The molecule has 0 bridgehead atoms. The lowest BCUT2D eigenvalue weighted by molar-refractivity contribution is 0.0935. The third-order valence-electron chi connectivity index (χ3n) is 6.04. The Bertz CT molecular complexity index is 1220. The van der Waals surface area contributed by atoms with Gasteiger partial charge in [0.05, 0.1) is 10.9 Å². The van der Waals surface area contributed by atoms with Crippen LogP contribution < -0.4 is 16.4 Å². The fourth-order valence-electron chi connectivity index (χ4n) is 4.18. The molecule has 0 saturated heterocycles. The van der Waals surface area contributed by atoms with Crippen LogP contribution in [0.5, 0.6) is 0 Å². The molecule has 3 aromatic heterocycles. The number of carbonyl (C=O) groups excluding carboxylic acids is 1. The van der Waals surface area contributed by atoms with E-state index in [0.717, 1.165) is 37.7 Å². The Morgan fingerprint density at radius 2 is 2.07 bits per heavy atom. The summed E-state index contributed by atoms with van der Waals surface area (Å²) in [6.45, 7) is 5.91. The highest BCUT2D eigenvalue weighted by atomic mass is 16.2. The molecular weight excluding hydrogens is 366 g/mol. The van der Waals surface area contributed by atoms with E-state index < -0.39 is 0 Å². The van der Waals surface area contributed by atoms with Crippen LogP contribution in [-0.2, 0) is 0 Å². The van der Waals surface area contributed by atoms with Gasteiger partial charge in [0, 0.05) is 18.3 Å². The molecule has 7 heteroatoms. The molecular formula is C22H27N5O2. The Kier molecular flexibility index (Phi) is 4.98. The molecule has 1 aliphatic rings. The van der Waals surface area contributed by atoms with Crippen molar-refractivity contribution < 1.29 is 4.79 Å². The van der Waals surface area contributed by atoms with Crippen molar-refractivity contribution in [2.75, 3.05) is 0 Å². The highest BCUT2D eigenvalue weighted by Crippen LogP contribution is 2.20. The van der Waals surface area contributed by atoms with Crippen molar-refractivity contribution in [1.29, 1.82) is 5.41 Å². The van der Waals surface area contributed by atoms with E-state index in [1.165, 1.54) is 4.40 Å². The molecule has 1 aliphatic carbocycles. The summed E-state index contributed by atoms with van der Waals surface area (Å²) in [6, 6.07) is 5.35. The monoisotopic (exact) mass is 393 g/mol. The number of hydrogen-bond acceptors (Lipinski definition) is 4. The quantitative estimate of drug-likeness (QED) is 0.667. The van der Waals surface area contributed by atoms with Gasteiger partial charge < -0.3 is 9.88 Å². The van der Waals surface area contributed by atoms with Crippen molar-refractivity contribution >= 4 is 22.6 Å². The molecule has 1 saturated carbocycles. The summed E-state index contributed by atoms with van der Waals surface area (Å²) in [7, 11) is 0. The number of fused-ring (bicyclic) bond motifs is 2. The van der Waals surface area contributed by atoms with E-state index in [1.54, 1.807) is 16.8 Å². The summed E-state index contributed by atoms with van der Waals surface area (Å²) in [5.41, 5.74) is 2.03. The number of carbonyl (C=O) groups is 1. The van der Waals surface area contributed by atoms with Gasteiger partial charge in [0.2, 0.25) is 0 Å². The molecule has 0 aromatic carbocycles. The van der Waals surface area contributed by atoms with E-state index in [1.807, 2.05) is 32.9 Å². The maximum atomic E-state index is 13.3. The molecule has 152 valence electrons. The first-order valence-electron chi connectivity index (χ1n) is 10.3. The Labute approximate surface area is 168 Å². The van der Waals surface area contributed by atoms with Crippen LogP contribution in [-0.4, -0.2) is 25.9 Å². The smallest absolute Gasteiger partial charge is 0.267 e. The molecule has 4 rings (SSSR count). The fraction of sp³-hybridized carbons (Fsp3) is 0.455. The zero-order chi connectivity index (χ0) is 20.7. The van der Waals surface area contributed by atoms with E-state index >= 15 is 0 Å². The molecule has 3 heterocycles. The van der Waals surface area contributed by atoms with Crippen LogP contribution in [0.1, 0.15) is 67.9 Å². The average Bonchev–Trinajstić information content (AvgIpc) is 3.21. The zero-order valence-corrected chi connectivity index (χ0v) is 17.2. The molecule has 3 aromatic rings. The minimum atomic E-state index is -0.283. The van der Waals surface area contributed by atoms with Gasteiger partial charge in [-0.05, 0) is 50.8 Å². The summed E-state index contributed by atoms with van der Waals surface area (Å²) >= 11 is 0. The van der Waals surface area contributed by atoms with Crippen LogP contribution in [0.4, 0.5) is 0 Å². The standard InChI is InChI=1S/C22H27N5O2/c1-4-14(3)27-18(23)16(21(28)24-15-9-5-6-10-15)12-17-20(27)25-19-13(2)8-7-11-26(19)22(17)29/h7-8,11-12,14-15,23H,4-6,9-10H2,1-3H3,(H,24,28)/t14-/m0/s1. The van der Waals surface area contributed by atoms with Crippen molar-refractivity contribution in [1.82, 2.24) is 19.3 Å². The van der Waals surface area contributed by atoms with Gasteiger partial charge in [0.15, 0.2) is 0 Å². The zero-order valence-electron chi connectivity index (χ0n) is 17.2. The normalized spacial score (nSPS) is 15.8. The molecule has 0 spiro atoms. The number of pyridine rings is 2. The van der Waals surface area contributed by atoms with Crippen LogP contribution >= 0.6 is 0 Å². The number of amides is 1. The van der Waals surface area contributed by atoms with Gasteiger partial charge in [0.1, 0.15) is 16.8 Å². The topological polar surface area (TPSA) is 92.2 Å². The Morgan fingerprint density at radius 1 is 1.34 bits per heavy atom. The SMILES string of the molecule is CC[C@H](C)n1c(=N)c(C(=O)NC2CCCC2)cc2c(=O)n3cccc(C)c3nc21. The second kappa shape index (κ2) is 7.46. The number of nitrogens with zero attached hydrogens (tertiary/aromatic N) is 3. The van der Waals surface area contributed by atoms with Crippen molar-refractivity contribution in [3.63, 3.8) is 0 Å². The molecule has 1 fully saturated rings. The molecule has 7 nitrogen and oxygen atoms in total. The van der Waals surface area contributed by atoms with Gasteiger partial charge in [0.25, 0.3) is 11.5 Å². The third-order valence-corrected chi connectivity index (χ3v) is 6.04. The minimum absolute atomic E-state index is 0.0670. The van der Waals surface area contributed by atoms with Gasteiger partial charge in [-0.15, -0.1) is 0 Å². The molecule has 0 radical (unpaired) electrons. The molecule has 2 N–H and O–H groups in total. The first-order valence-corrected chi connectivity index (χ1v) is 10.3. The first-order chi connectivity index (χ1) is 13.9. The van der Waals surface area contributed by atoms with E-state index in [9.17, 15) is 9.59 Å². The fourth-order valence-corrected chi connectivity index (χ4v) is 4.18. The van der Waals surface area contributed by atoms with Gasteiger partial charge in [-0.1, -0.05) is 25.8 Å². The van der Waals surface area contributed by atoms with E-state index in [2.05, 4.69) is 5.32 Å². The van der Waals surface area contributed by atoms with Crippen LogP contribution in [0.15, 0.2) is 29.2 Å². The number of rotatable bonds is 4. The van der Waals surface area contributed by atoms with Crippen molar-refractivity contribution in [3.05, 3.63) is 51.4 Å². The molecule has 0 unspecified atom stereocenters. The summed E-state index contributed by atoms with van der Waals surface area (Å²) in [6.07, 6.45) is 6.60. The number of aryl methyl sites for hydroxylation is 1. The molecule has 1 amide bonds. The van der Waals surface area contributed by atoms with Crippen molar-refractivity contribution in [3.8, 4) is 0 Å². The lowest BCUT2D eigenvalue weighted by atomic mass is 10.1. The minimum Gasteiger partial charge on any atom is -0.349 e. The van der Waals surface area contributed by atoms with E-state index in [4.69, 9.17) is 10.4 Å². The largest absolute Gasteiger partial charge is 0.349 e. The van der Waals surface area contributed by atoms with Crippen molar-refractivity contribution in [2.45, 2.75) is 65.0 Å². The Morgan fingerprint density at radius 3 is 2.76 bits per heavy atom. The second-order valence-electron chi connectivity index (χ2n) is 8.03. The maximum absolute atomic E-state index is 13.3. The maximum Gasteiger partial charge on any atom is 0.267 e. The van der Waals surface area contributed by atoms with Gasteiger partial charge >= 0.3 is 0 Å². The highest BCUT2D eigenvalue weighted by Gasteiger charge is 2.23. The van der Waals surface area contributed by atoms with Crippen molar-refractivity contribution in [2.24, 2.45) is 0 Å². The lowest BCUT2D eigenvalue weighted by Gasteiger charge is -2.20. The average molecular weight is 393 g/mol. The predicted octanol–water partition coefficient (Wildman–Crippen LogP) is 3.08. The lowest BCUT2D eigenvalue weighted by Crippen LogP contribution is -2.39. The van der Waals surface area contributed by atoms with Gasteiger partial charge in [-0.3, -0.25) is 19.4 Å². The van der Waals surface area contributed by atoms with E-state index in [-0.39, 0.29) is 34.6 Å². The molecule has 1 atom stereocenters. The number of nitrogens with one attached hydrogen (secondary N) is 2. The van der Waals surface area contributed by atoms with E-state index in [0.29, 0.717) is 16.7 Å². The predicted molar refractivity (Wildman–Crippen MR) is 112 cm³/mol. The molecule has 29 heavy (non-hydrogen) atoms. The Hall–Kier alpha value is -2.96. The number of aromatic nitrogens is 3. The van der Waals surface area contributed by atoms with Gasteiger partial charge in [-0.2, -0.15) is 0 Å². The highest BCUT2D eigenvalue weighted by molar-refractivity contribution is 5.97. The Balaban J connectivity index is 2.01. The van der Waals surface area contributed by atoms with Crippen LogP contribution in [0.3, 0.4) is 0 Å². The third kappa shape index (κ3) is 3.24. The number of hydrogen-bond donors (Lipinski definition) is 2. The van der Waals surface area contributed by atoms with Gasteiger partial charge in [-0.25, -0.2) is 4.98 Å². The summed E-state index contributed by atoms with van der Waals surface area (Å²) in [5.74, 6) is -0.283. The molecule has 0 aliphatic heterocycles. The summed E-state index contributed by atoms with van der Waals surface area (Å²) < 4.78 is 3.24. The summed E-state index contributed by atoms with van der Waals surface area (Å²) in [4.78, 5) is 31.0. The van der Waals surface area contributed by atoms with Crippen LogP contribution in [0, 0.1) is 12.3 Å². The van der Waals surface area contributed by atoms with Crippen LogP contribution in [0.25, 0.3) is 16.7 Å². The first kappa shape index (κ1) is 19.4. The second-order valence-corrected chi connectivity index (χ2v) is 8.03. The van der Waals surface area contributed by atoms with Crippen LogP contribution in [0.2, 0.25) is 0 Å². The summed E-state index contributed by atoms with van der Waals surface area (Å²) in [5, 5.41) is 12.2.